The fraction of sp³-hybridized carbons (Fsp3) is 0.615. The highest BCUT2D eigenvalue weighted by Crippen LogP contribution is 2.33. The Kier molecular flexibility index (Phi) is 4.12. The van der Waals surface area contributed by atoms with Crippen molar-refractivity contribution < 1.29 is 14.4 Å². The van der Waals surface area contributed by atoms with Gasteiger partial charge in [-0.05, 0) is 19.8 Å². The Morgan fingerprint density at radius 2 is 1.89 bits per heavy atom. The Morgan fingerprint density at radius 3 is 2.33 bits per heavy atom. The van der Waals surface area contributed by atoms with Gasteiger partial charge in [-0.1, -0.05) is 13.8 Å². The van der Waals surface area contributed by atoms with E-state index in [9.17, 15) is 14.4 Å². The normalized spacial score (nSPS) is 20.3. The van der Waals surface area contributed by atoms with Crippen molar-refractivity contribution in [1.29, 1.82) is 0 Å². The van der Waals surface area contributed by atoms with E-state index in [0.29, 0.717) is 12.8 Å². The van der Waals surface area contributed by atoms with Crippen LogP contribution in [0.3, 0.4) is 0 Å². The lowest BCUT2D eigenvalue weighted by Gasteiger charge is -2.40. The van der Waals surface area contributed by atoms with Gasteiger partial charge in [0.25, 0.3) is 0 Å². The number of carbonyl (C=O) groups is 3. The van der Waals surface area contributed by atoms with Crippen molar-refractivity contribution in [1.82, 2.24) is 10.2 Å². The van der Waals surface area contributed by atoms with Crippen molar-refractivity contribution in [2.45, 2.75) is 46.1 Å². The van der Waals surface area contributed by atoms with Crippen molar-refractivity contribution in [3.63, 3.8) is 0 Å². The van der Waals surface area contributed by atoms with Gasteiger partial charge in [0.15, 0.2) is 0 Å². The van der Waals surface area contributed by atoms with E-state index in [0.717, 1.165) is 4.90 Å². The highest BCUT2D eigenvalue weighted by atomic mass is 16.2. The number of urea groups is 1. The van der Waals surface area contributed by atoms with Crippen molar-refractivity contribution in [3.05, 3.63) is 0 Å². The van der Waals surface area contributed by atoms with E-state index < -0.39 is 29.3 Å². The molecule has 1 atom stereocenters. The van der Waals surface area contributed by atoms with E-state index >= 15 is 0 Å². The predicted octanol–water partition coefficient (Wildman–Crippen LogP) is 1.28. The summed E-state index contributed by atoms with van der Waals surface area (Å²) >= 11 is 0. The minimum atomic E-state index is -1.14. The largest absolute Gasteiger partial charge is 0.331 e. The molecule has 1 heterocycles. The van der Waals surface area contributed by atoms with Crippen LogP contribution in [0.2, 0.25) is 0 Å². The van der Waals surface area contributed by atoms with Gasteiger partial charge in [-0.2, -0.15) is 0 Å². The van der Waals surface area contributed by atoms with Gasteiger partial charge in [0.2, 0.25) is 11.8 Å². The molecule has 0 aromatic carbocycles. The maximum Gasteiger partial charge on any atom is 0.331 e. The van der Waals surface area contributed by atoms with Crippen LogP contribution in [-0.2, 0) is 9.59 Å². The summed E-state index contributed by atoms with van der Waals surface area (Å²) in [7, 11) is 0. The molecule has 5 heteroatoms. The molecule has 98 valence electrons. The smallest absolute Gasteiger partial charge is 0.277 e. The van der Waals surface area contributed by atoms with Crippen molar-refractivity contribution in [2.75, 3.05) is 0 Å². The minimum absolute atomic E-state index is 0.275. The number of amides is 4. The van der Waals surface area contributed by atoms with E-state index in [1.165, 1.54) is 0 Å². The SMILES string of the molecule is C#CCC(C)N1C(=O)NC(=O)C(CC)(CC)C1=O. The predicted molar refractivity (Wildman–Crippen MR) is 66.3 cm³/mol. The number of nitrogens with zero attached hydrogens (tertiary/aromatic N) is 1. The third-order valence-corrected chi connectivity index (χ3v) is 3.56. The fourth-order valence-corrected chi connectivity index (χ4v) is 2.23. The molecule has 5 nitrogen and oxygen atoms in total. The zero-order chi connectivity index (χ0) is 13.9. The van der Waals surface area contributed by atoms with Crippen molar-refractivity contribution in [2.24, 2.45) is 5.41 Å². The van der Waals surface area contributed by atoms with E-state index in [1.807, 2.05) is 0 Å². The standard InChI is InChI=1S/C13H18N2O3/c1-5-8-9(4)15-11(17)13(6-2,7-3)10(16)14-12(15)18/h1,9H,6-8H2,2-4H3,(H,14,16,18). The monoisotopic (exact) mass is 250 g/mol. The summed E-state index contributed by atoms with van der Waals surface area (Å²) < 4.78 is 0. The number of terminal acetylenes is 1. The molecule has 0 spiro atoms. The van der Waals surface area contributed by atoms with Gasteiger partial charge >= 0.3 is 6.03 Å². The van der Waals surface area contributed by atoms with Crippen LogP contribution in [0.5, 0.6) is 0 Å². The van der Waals surface area contributed by atoms with Crippen LogP contribution in [0.25, 0.3) is 0 Å². The number of nitrogens with one attached hydrogen (secondary N) is 1. The van der Waals surface area contributed by atoms with Gasteiger partial charge in [-0.15, -0.1) is 12.3 Å². The Bertz CT molecular complexity index is 418. The number of carbonyl (C=O) groups excluding carboxylic acids is 3. The maximum absolute atomic E-state index is 12.4. The average Bonchev–Trinajstić information content (AvgIpc) is 2.30. The zero-order valence-corrected chi connectivity index (χ0v) is 10.9. The minimum Gasteiger partial charge on any atom is -0.277 e. The van der Waals surface area contributed by atoms with Crippen LogP contribution in [0.15, 0.2) is 0 Å². The van der Waals surface area contributed by atoms with Gasteiger partial charge in [-0.3, -0.25) is 19.8 Å². The molecule has 0 aromatic heterocycles. The lowest BCUT2D eigenvalue weighted by molar-refractivity contribution is -0.153. The van der Waals surface area contributed by atoms with E-state index in [1.54, 1.807) is 20.8 Å². The van der Waals surface area contributed by atoms with Gasteiger partial charge in [0, 0.05) is 12.5 Å². The number of hydrogen-bond acceptors (Lipinski definition) is 3. The molecule has 0 aromatic rings. The molecule has 1 aliphatic rings. The highest BCUT2D eigenvalue weighted by Gasteiger charge is 2.52. The van der Waals surface area contributed by atoms with E-state index in [4.69, 9.17) is 6.42 Å². The summed E-state index contributed by atoms with van der Waals surface area (Å²) in [6.07, 6.45) is 6.20. The van der Waals surface area contributed by atoms with Gasteiger partial charge < -0.3 is 0 Å². The Morgan fingerprint density at radius 1 is 1.33 bits per heavy atom. The second-order valence-corrected chi connectivity index (χ2v) is 4.48. The first-order chi connectivity index (χ1) is 8.44. The molecule has 0 radical (unpaired) electrons. The van der Waals surface area contributed by atoms with Gasteiger partial charge in [-0.25, -0.2) is 4.79 Å². The molecule has 1 saturated heterocycles. The van der Waals surface area contributed by atoms with Crippen LogP contribution in [-0.4, -0.2) is 28.8 Å². The number of hydrogen-bond donors (Lipinski definition) is 1. The summed E-state index contributed by atoms with van der Waals surface area (Å²) in [5.74, 6) is 1.47. The van der Waals surface area contributed by atoms with Crippen LogP contribution in [0, 0.1) is 17.8 Å². The van der Waals surface area contributed by atoms with Gasteiger partial charge in [0.1, 0.15) is 5.41 Å². The first-order valence-electron chi connectivity index (χ1n) is 6.07. The summed E-state index contributed by atoms with van der Waals surface area (Å²) in [4.78, 5) is 37.2. The molecule has 0 aliphatic carbocycles. The number of imide groups is 2. The molecule has 0 bridgehead atoms. The second-order valence-electron chi connectivity index (χ2n) is 4.48. The quantitative estimate of drug-likeness (QED) is 0.604. The van der Waals surface area contributed by atoms with Crippen molar-refractivity contribution >= 4 is 17.8 Å². The lowest BCUT2D eigenvalue weighted by Crippen LogP contribution is -2.65. The van der Waals surface area contributed by atoms with E-state index in [2.05, 4.69) is 11.2 Å². The first-order valence-corrected chi connectivity index (χ1v) is 6.07. The van der Waals surface area contributed by atoms with Crippen molar-refractivity contribution in [3.8, 4) is 12.3 Å². The summed E-state index contributed by atoms with van der Waals surface area (Å²) in [5.41, 5.74) is -1.14. The Labute approximate surface area is 107 Å². The van der Waals surface area contributed by atoms with Crippen LogP contribution >= 0.6 is 0 Å². The second kappa shape index (κ2) is 5.21. The number of barbiturate groups is 1. The van der Waals surface area contributed by atoms with Crippen LogP contribution in [0.4, 0.5) is 4.79 Å². The first kappa shape index (κ1) is 14.2. The van der Waals surface area contributed by atoms with Crippen LogP contribution in [0.1, 0.15) is 40.0 Å². The molecular formula is C13H18N2O3. The maximum atomic E-state index is 12.4. The zero-order valence-electron chi connectivity index (χ0n) is 10.9. The molecule has 1 N–H and O–H groups in total. The Hall–Kier alpha value is -1.83. The lowest BCUT2D eigenvalue weighted by atomic mass is 9.78. The molecule has 4 amide bonds. The summed E-state index contributed by atoms with van der Waals surface area (Å²) in [6, 6.07) is -1.08. The van der Waals surface area contributed by atoms with Crippen LogP contribution < -0.4 is 5.32 Å². The van der Waals surface area contributed by atoms with E-state index in [-0.39, 0.29) is 6.42 Å². The molecular weight excluding hydrogens is 232 g/mol. The molecule has 1 aliphatic heterocycles. The third kappa shape index (κ3) is 1.99. The number of rotatable bonds is 4. The topological polar surface area (TPSA) is 66.5 Å². The average molecular weight is 250 g/mol. The Balaban J connectivity index is 3.15. The van der Waals surface area contributed by atoms with Gasteiger partial charge in [0.05, 0.1) is 0 Å². The molecule has 1 rings (SSSR count). The summed E-state index contributed by atoms with van der Waals surface area (Å²) in [5, 5.41) is 2.25. The molecule has 0 saturated carbocycles. The molecule has 18 heavy (non-hydrogen) atoms. The fourth-order valence-electron chi connectivity index (χ4n) is 2.23. The molecule has 1 unspecified atom stereocenters. The molecule has 1 fully saturated rings. The highest BCUT2D eigenvalue weighted by molar-refractivity contribution is 6.19. The summed E-state index contributed by atoms with van der Waals surface area (Å²) in [6.45, 7) is 5.23. The third-order valence-electron chi connectivity index (χ3n) is 3.56.